The first kappa shape index (κ1) is 17.8. The average Bonchev–Trinajstić information content (AvgIpc) is 2.72. The van der Waals surface area contributed by atoms with Gasteiger partial charge in [-0.05, 0) is 25.7 Å². The van der Waals surface area contributed by atoms with E-state index in [9.17, 15) is 9.59 Å². The number of esters is 2. The standard InChI is InChI=1S/C14H24N2O4S/c1-4-19-11(17)14(6-5-9(2)3)7-10(20-12(14)18)8-21-13(15)16/h9-10H,4-8H2,1-3H3,(H3,15,16)/t10-,14-/m0/s1. The third-order valence-electron chi connectivity index (χ3n) is 3.48. The molecule has 2 atom stereocenters. The predicted molar refractivity (Wildman–Crippen MR) is 82.0 cm³/mol. The quantitative estimate of drug-likeness (QED) is 0.322. The highest BCUT2D eigenvalue weighted by atomic mass is 32.2. The van der Waals surface area contributed by atoms with Gasteiger partial charge in [-0.15, -0.1) is 0 Å². The Bertz CT molecular complexity index is 414. The van der Waals surface area contributed by atoms with Crippen LogP contribution in [0.15, 0.2) is 0 Å². The minimum atomic E-state index is -1.19. The second-order valence-electron chi connectivity index (χ2n) is 5.64. The molecule has 120 valence electrons. The van der Waals surface area contributed by atoms with Gasteiger partial charge in [-0.3, -0.25) is 15.0 Å². The summed E-state index contributed by atoms with van der Waals surface area (Å²) in [6.07, 6.45) is 1.09. The number of amidine groups is 1. The molecule has 0 saturated carbocycles. The normalized spacial score (nSPS) is 25.0. The van der Waals surface area contributed by atoms with E-state index in [4.69, 9.17) is 20.6 Å². The van der Waals surface area contributed by atoms with Gasteiger partial charge in [-0.25, -0.2) is 0 Å². The molecule has 0 aromatic heterocycles. The average molecular weight is 316 g/mol. The van der Waals surface area contributed by atoms with Crippen molar-refractivity contribution in [1.82, 2.24) is 0 Å². The Labute approximate surface area is 129 Å². The van der Waals surface area contributed by atoms with Crippen LogP contribution in [0.1, 0.15) is 40.0 Å². The zero-order chi connectivity index (χ0) is 16.0. The van der Waals surface area contributed by atoms with Crippen LogP contribution >= 0.6 is 11.8 Å². The summed E-state index contributed by atoms with van der Waals surface area (Å²) in [5.41, 5.74) is 4.10. The summed E-state index contributed by atoms with van der Waals surface area (Å²) in [7, 11) is 0. The van der Waals surface area contributed by atoms with E-state index in [2.05, 4.69) is 0 Å². The Morgan fingerprint density at radius 3 is 2.81 bits per heavy atom. The van der Waals surface area contributed by atoms with Crippen LogP contribution in [0.5, 0.6) is 0 Å². The largest absolute Gasteiger partial charge is 0.465 e. The molecular weight excluding hydrogens is 292 g/mol. The van der Waals surface area contributed by atoms with Crippen LogP contribution in [-0.2, 0) is 19.1 Å². The Hall–Kier alpha value is -1.24. The van der Waals surface area contributed by atoms with Crippen molar-refractivity contribution in [3.8, 4) is 0 Å². The van der Waals surface area contributed by atoms with Gasteiger partial charge in [0.05, 0.1) is 6.61 Å². The molecule has 0 aromatic carbocycles. The fourth-order valence-corrected chi connectivity index (χ4v) is 2.88. The summed E-state index contributed by atoms with van der Waals surface area (Å²) < 4.78 is 10.4. The highest BCUT2D eigenvalue weighted by molar-refractivity contribution is 8.13. The maximum atomic E-state index is 12.3. The van der Waals surface area contributed by atoms with Gasteiger partial charge in [0.1, 0.15) is 6.10 Å². The Morgan fingerprint density at radius 2 is 2.29 bits per heavy atom. The summed E-state index contributed by atoms with van der Waals surface area (Å²) in [6.45, 7) is 6.05. The molecule has 1 fully saturated rings. The lowest BCUT2D eigenvalue weighted by Crippen LogP contribution is -2.38. The third-order valence-corrected chi connectivity index (χ3v) is 4.33. The number of hydrogen-bond donors (Lipinski definition) is 2. The summed E-state index contributed by atoms with van der Waals surface area (Å²) >= 11 is 1.11. The van der Waals surface area contributed by atoms with Crippen LogP contribution in [0.3, 0.4) is 0 Å². The van der Waals surface area contributed by atoms with E-state index in [0.717, 1.165) is 18.2 Å². The Morgan fingerprint density at radius 1 is 1.62 bits per heavy atom. The van der Waals surface area contributed by atoms with Crippen LogP contribution in [0.25, 0.3) is 0 Å². The SMILES string of the molecule is CCOC(=O)[C@]1(CCC(C)C)C[C@@H](CSC(=N)N)OC1=O. The lowest BCUT2D eigenvalue weighted by molar-refractivity contribution is -0.165. The number of ether oxygens (including phenoxy) is 2. The zero-order valence-corrected chi connectivity index (χ0v) is 13.6. The second kappa shape index (κ2) is 7.68. The van der Waals surface area contributed by atoms with Crippen molar-refractivity contribution in [3.63, 3.8) is 0 Å². The molecule has 0 unspecified atom stereocenters. The van der Waals surface area contributed by atoms with Gasteiger partial charge in [-0.1, -0.05) is 25.6 Å². The molecule has 6 nitrogen and oxygen atoms in total. The van der Waals surface area contributed by atoms with Crippen LogP contribution in [0.4, 0.5) is 0 Å². The predicted octanol–water partition coefficient (Wildman–Crippen LogP) is 1.91. The summed E-state index contributed by atoms with van der Waals surface area (Å²) in [5, 5.41) is 7.18. The molecule has 0 spiro atoms. The molecule has 0 bridgehead atoms. The van der Waals surface area contributed by atoms with Crippen molar-refractivity contribution < 1.29 is 19.1 Å². The van der Waals surface area contributed by atoms with Gasteiger partial charge in [0.2, 0.25) is 0 Å². The maximum absolute atomic E-state index is 12.3. The number of rotatable bonds is 7. The number of hydrogen-bond acceptors (Lipinski definition) is 6. The number of nitrogens with two attached hydrogens (primary N) is 1. The van der Waals surface area contributed by atoms with E-state index in [-0.39, 0.29) is 11.8 Å². The molecule has 0 aromatic rings. The molecule has 1 aliphatic heterocycles. The highest BCUT2D eigenvalue weighted by Crippen LogP contribution is 2.41. The number of carbonyl (C=O) groups is 2. The van der Waals surface area contributed by atoms with Crippen molar-refractivity contribution >= 4 is 28.9 Å². The van der Waals surface area contributed by atoms with Gasteiger partial charge in [-0.2, -0.15) is 0 Å². The maximum Gasteiger partial charge on any atom is 0.323 e. The first-order valence-electron chi connectivity index (χ1n) is 7.17. The fourth-order valence-electron chi connectivity index (χ4n) is 2.33. The van der Waals surface area contributed by atoms with Crippen LogP contribution in [-0.4, -0.2) is 35.6 Å². The molecule has 1 rings (SSSR count). The van der Waals surface area contributed by atoms with Gasteiger partial charge < -0.3 is 15.2 Å². The molecule has 3 N–H and O–H groups in total. The first-order valence-corrected chi connectivity index (χ1v) is 8.15. The van der Waals surface area contributed by atoms with Crippen molar-refractivity contribution in [2.75, 3.05) is 12.4 Å². The smallest absolute Gasteiger partial charge is 0.323 e. The van der Waals surface area contributed by atoms with Crippen molar-refractivity contribution in [1.29, 1.82) is 5.41 Å². The summed E-state index contributed by atoms with van der Waals surface area (Å²) in [6, 6.07) is 0. The minimum absolute atomic E-state index is 0.0261. The van der Waals surface area contributed by atoms with E-state index < -0.39 is 23.5 Å². The molecule has 21 heavy (non-hydrogen) atoms. The second-order valence-corrected chi connectivity index (χ2v) is 6.70. The molecule has 1 aliphatic rings. The van der Waals surface area contributed by atoms with Crippen LogP contribution in [0, 0.1) is 16.7 Å². The monoisotopic (exact) mass is 316 g/mol. The minimum Gasteiger partial charge on any atom is -0.465 e. The number of thioether (sulfide) groups is 1. The van der Waals surface area contributed by atoms with Crippen LogP contribution < -0.4 is 5.73 Å². The molecule has 1 heterocycles. The van der Waals surface area contributed by atoms with Crippen molar-refractivity contribution in [3.05, 3.63) is 0 Å². The van der Waals surface area contributed by atoms with Gasteiger partial charge in [0.15, 0.2) is 10.6 Å². The lowest BCUT2D eigenvalue weighted by Gasteiger charge is -2.23. The van der Waals surface area contributed by atoms with E-state index in [1.165, 1.54) is 0 Å². The summed E-state index contributed by atoms with van der Waals surface area (Å²) in [5.74, 6) is -0.222. The molecule has 0 amide bonds. The number of carbonyl (C=O) groups excluding carboxylic acids is 2. The van der Waals surface area contributed by atoms with E-state index in [0.29, 0.717) is 24.5 Å². The first-order chi connectivity index (χ1) is 9.81. The zero-order valence-electron chi connectivity index (χ0n) is 12.8. The van der Waals surface area contributed by atoms with Crippen LogP contribution in [0.2, 0.25) is 0 Å². The topological polar surface area (TPSA) is 102 Å². The van der Waals surface area contributed by atoms with E-state index in [1.807, 2.05) is 13.8 Å². The highest BCUT2D eigenvalue weighted by Gasteiger charge is 2.55. The van der Waals surface area contributed by atoms with E-state index in [1.54, 1.807) is 6.92 Å². The number of cyclic esters (lactones) is 1. The lowest BCUT2D eigenvalue weighted by atomic mass is 9.79. The molecule has 1 saturated heterocycles. The Balaban J connectivity index is 2.83. The van der Waals surface area contributed by atoms with Crippen molar-refractivity contribution in [2.45, 2.75) is 46.1 Å². The van der Waals surface area contributed by atoms with E-state index >= 15 is 0 Å². The molecule has 0 aliphatic carbocycles. The van der Waals surface area contributed by atoms with Gasteiger partial charge in [0.25, 0.3) is 0 Å². The molecular formula is C14H24N2O4S. The molecule has 7 heteroatoms. The summed E-state index contributed by atoms with van der Waals surface area (Å²) in [4.78, 5) is 24.5. The molecule has 0 radical (unpaired) electrons. The van der Waals surface area contributed by atoms with Gasteiger partial charge in [0, 0.05) is 12.2 Å². The third kappa shape index (κ3) is 4.62. The van der Waals surface area contributed by atoms with Crippen molar-refractivity contribution in [2.24, 2.45) is 17.1 Å². The Kier molecular flexibility index (Phi) is 6.51. The fraction of sp³-hybridized carbons (Fsp3) is 0.786. The van der Waals surface area contributed by atoms with Gasteiger partial charge >= 0.3 is 11.9 Å². The number of nitrogens with one attached hydrogen (secondary N) is 1.